The van der Waals surface area contributed by atoms with Gasteiger partial charge in [-0.25, -0.2) is 19.8 Å². The van der Waals surface area contributed by atoms with Crippen molar-refractivity contribution in [3.63, 3.8) is 0 Å². The summed E-state index contributed by atoms with van der Waals surface area (Å²) in [6, 6.07) is 15.8. The number of hydrazine groups is 1. The van der Waals surface area contributed by atoms with Crippen molar-refractivity contribution >= 4 is 34.3 Å². The number of amides is 2. The molecule has 1 aliphatic rings. The van der Waals surface area contributed by atoms with E-state index in [-0.39, 0.29) is 11.6 Å². The third-order valence-corrected chi connectivity index (χ3v) is 4.88. The molecule has 0 radical (unpaired) electrons. The monoisotopic (exact) mass is 419 g/mol. The molecular weight excluding hydrogens is 390 g/mol. The molecule has 0 saturated carbocycles. The van der Waals surface area contributed by atoms with Gasteiger partial charge in [-0.05, 0) is 45.0 Å². The van der Waals surface area contributed by atoms with Crippen LogP contribution in [0.25, 0.3) is 10.9 Å². The molecule has 1 aromatic carbocycles. The van der Waals surface area contributed by atoms with E-state index in [9.17, 15) is 4.79 Å². The Bertz CT molecular complexity index is 1040. The molecule has 3 N–H and O–H groups in total. The van der Waals surface area contributed by atoms with Crippen LogP contribution in [-0.2, 0) is 0 Å². The van der Waals surface area contributed by atoms with Crippen LogP contribution in [0.15, 0.2) is 54.7 Å². The van der Waals surface area contributed by atoms with Gasteiger partial charge >= 0.3 is 6.03 Å². The van der Waals surface area contributed by atoms with Crippen molar-refractivity contribution in [3.05, 3.63) is 54.7 Å². The maximum absolute atomic E-state index is 12.2. The Labute approximate surface area is 182 Å². The van der Waals surface area contributed by atoms with Gasteiger partial charge in [0.05, 0.1) is 11.2 Å². The van der Waals surface area contributed by atoms with Crippen molar-refractivity contribution in [2.75, 3.05) is 36.5 Å². The number of pyridine rings is 2. The summed E-state index contributed by atoms with van der Waals surface area (Å²) in [7, 11) is 0. The van der Waals surface area contributed by atoms with Gasteiger partial charge in [-0.15, -0.1) is 0 Å². The first-order chi connectivity index (χ1) is 14.9. The molecule has 31 heavy (non-hydrogen) atoms. The lowest BCUT2D eigenvalue weighted by Gasteiger charge is -2.38. The second-order valence-corrected chi connectivity index (χ2v) is 8.61. The first-order valence-corrected chi connectivity index (χ1v) is 10.6. The minimum absolute atomic E-state index is 0.290. The van der Waals surface area contributed by atoms with Crippen LogP contribution in [0.5, 0.6) is 0 Å². The lowest BCUT2D eigenvalue weighted by Crippen LogP contribution is -2.51. The molecule has 0 unspecified atom stereocenters. The molecule has 3 heterocycles. The van der Waals surface area contributed by atoms with Gasteiger partial charge in [0.1, 0.15) is 11.6 Å². The summed E-state index contributed by atoms with van der Waals surface area (Å²) in [5.74, 6) is 1.30. The van der Waals surface area contributed by atoms with Crippen LogP contribution in [0.1, 0.15) is 20.8 Å². The third kappa shape index (κ3) is 5.28. The molecule has 0 bridgehead atoms. The average Bonchev–Trinajstić information content (AvgIpc) is 2.74. The molecule has 1 fully saturated rings. The summed E-state index contributed by atoms with van der Waals surface area (Å²) in [6.07, 6.45) is 1.73. The highest BCUT2D eigenvalue weighted by Crippen LogP contribution is 2.28. The highest BCUT2D eigenvalue weighted by molar-refractivity contribution is 5.91. The molecule has 3 aromatic rings. The fraction of sp³-hybridized carbons (Fsp3) is 0.348. The second-order valence-electron chi connectivity index (χ2n) is 8.61. The van der Waals surface area contributed by atoms with Crippen molar-refractivity contribution in [2.45, 2.75) is 26.3 Å². The zero-order chi connectivity index (χ0) is 21.8. The Morgan fingerprint density at radius 1 is 1.10 bits per heavy atom. The summed E-state index contributed by atoms with van der Waals surface area (Å²) in [5, 5.41) is 14.5. The van der Waals surface area contributed by atoms with Crippen LogP contribution in [-0.4, -0.2) is 52.7 Å². The van der Waals surface area contributed by atoms with Crippen LogP contribution in [0.2, 0.25) is 0 Å². The Morgan fingerprint density at radius 3 is 2.55 bits per heavy atom. The molecular formula is C23H29N7O. The van der Waals surface area contributed by atoms with Crippen LogP contribution in [0.4, 0.5) is 22.1 Å². The molecule has 1 saturated heterocycles. The Kier molecular flexibility index (Phi) is 6.01. The van der Waals surface area contributed by atoms with Crippen LogP contribution >= 0.6 is 0 Å². The van der Waals surface area contributed by atoms with Gasteiger partial charge in [0.15, 0.2) is 0 Å². The van der Waals surface area contributed by atoms with E-state index in [4.69, 9.17) is 4.98 Å². The maximum Gasteiger partial charge on any atom is 0.320 e. The summed E-state index contributed by atoms with van der Waals surface area (Å²) in [4.78, 5) is 21.5. The molecule has 8 heteroatoms. The molecule has 1 aliphatic heterocycles. The number of anilines is 3. The fourth-order valence-electron chi connectivity index (χ4n) is 3.54. The molecule has 2 amide bonds. The first kappa shape index (κ1) is 21.0. The number of carbonyl (C=O) groups is 1. The number of aromatic nitrogens is 2. The summed E-state index contributed by atoms with van der Waals surface area (Å²) in [6.45, 7) is 9.44. The number of fused-ring (bicyclic) bond motifs is 1. The van der Waals surface area contributed by atoms with Gasteiger partial charge in [-0.1, -0.05) is 18.2 Å². The number of para-hydroxylation sites is 1. The smallest absolute Gasteiger partial charge is 0.320 e. The van der Waals surface area contributed by atoms with Gasteiger partial charge < -0.3 is 10.6 Å². The van der Waals surface area contributed by atoms with Crippen molar-refractivity contribution in [3.8, 4) is 0 Å². The Morgan fingerprint density at radius 2 is 1.84 bits per heavy atom. The zero-order valence-electron chi connectivity index (χ0n) is 18.2. The van der Waals surface area contributed by atoms with Crippen molar-refractivity contribution in [2.24, 2.45) is 0 Å². The van der Waals surface area contributed by atoms with E-state index < -0.39 is 0 Å². The SMILES string of the molecule is CC(C)(C)NC(=O)Nc1cc2nc(N(c3ccccc3)N3CCNCC3)ccc2cn1. The Balaban J connectivity index is 1.66. The summed E-state index contributed by atoms with van der Waals surface area (Å²) in [5.41, 5.74) is 1.51. The van der Waals surface area contributed by atoms with Crippen molar-refractivity contribution in [1.29, 1.82) is 0 Å². The van der Waals surface area contributed by atoms with Crippen LogP contribution < -0.4 is 21.0 Å². The van der Waals surface area contributed by atoms with E-state index in [1.165, 1.54) is 0 Å². The molecule has 8 nitrogen and oxygen atoms in total. The van der Waals surface area contributed by atoms with Gasteiger partial charge in [0.2, 0.25) is 0 Å². The topological polar surface area (TPSA) is 85.4 Å². The molecule has 0 atom stereocenters. The number of carbonyl (C=O) groups excluding carboxylic acids is 1. The van der Waals surface area contributed by atoms with E-state index in [2.05, 4.69) is 43.1 Å². The maximum atomic E-state index is 12.2. The largest absolute Gasteiger partial charge is 0.333 e. The zero-order valence-corrected chi connectivity index (χ0v) is 18.2. The van der Waals surface area contributed by atoms with E-state index >= 15 is 0 Å². The van der Waals surface area contributed by atoms with Gasteiger partial charge in [0, 0.05) is 49.4 Å². The summed E-state index contributed by atoms with van der Waals surface area (Å²) >= 11 is 0. The highest BCUT2D eigenvalue weighted by Gasteiger charge is 2.22. The molecule has 2 aromatic heterocycles. The number of nitrogens with one attached hydrogen (secondary N) is 3. The lowest BCUT2D eigenvalue weighted by atomic mass is 10.1. The van der Waals surface area contributed by atoms with E-state index in [0.717, 1.165) is 48.6 Å². The fourth-order valence-corrected chi connectivity index (χ4v) is 3.54. The number of rotatable bonds is 4. The highest BCUT2D eigenvalue weighted by atomic mass is 16.2. The molecule has 0 aliphatic carbocycles. The quantitative estimate of drug-likeness (QED) is 0.600. The number of nitrogens with zero attached hydrogens (tertiary/aromatic N) is 4. The molecule has 0 spiro atoms. The normalized spacial score (nSPS) is 14.9. The molecule has 4 rings (SSSR count). The number of hydrogen-bond donors (Lipinski definition) is 3. The number of hydrogen-bond acceptors (Lipinski definition) is 6. The van der Waals surface area contributed by atoms with Crippen molar-refractivity contribution < 1.29 is 4.79 Å². The predicted octanol–water partition coefficient (Wildman–Crippen LogP) is 3.51. The minimum atomic E-state index is -0.328. The van der Waals surface area contributed by atoms with Gasteiger partial charge in [0.25, 0.3) is 0 Å². The predicted molar refractivity (Wildman–Crippen MR) is 124 cm³/mol. The Hall–Kier alpha value is -3.23. The lowest BCUT2D eigenvalue weighted by molar-refractivity contribution is 0.242. The third-order valence-electron chi connectivity index (χ3n) is 4.88. The second kappa shape index (κ2) is 8.87. The minimum Gasteiger partial charge on any atom is -0.333 e. The van der Waals surface area contributed by atoms with Crippen LogP contribution in [0, 0.1) is 0 Å². The van der Waals surface area contributed by atoms with E-state index in [1.807, 2.05) is 57.2 Å². The standard InChI is InChI=1S/C23H29N7O/c1-23(2,3)28-22(31)27-20-15-19-17(16-25-20)9-10-21(26-19)30(18-7-5-4-6-8-18)29-13-11-24-12-14-29/h4-10,15-16,24H,11-14H2,1-3H3,(H2,25,27,28,31). The number of piperazine rings is 1. The van der Waals surface area contributed by atoms with Crippen molar-refractivity contribution in [1.82, 2.24) is 25.6 Å². The average molecular weight is 420 g/mol. The van der Waals surface area contributed by atoms with E-state index in [0.29, 0.717) is 5.82 Å². The number of urea groups is 1. The van der Waals surface area contributed by atoms with Crippen LogP contribution in [0.3, 0.4) is 0 Å². The summed E-state index contributed by atoms with van der Waals surface area (Å²) < 4.78 is 0. The van der Waals surface area contributed by atoms with Gasteiger partial charge in [-0.2, -0.15) is 0 Å². The molecule has 162 valence electrons. The first-order valence-electron chi connectivity index (χ1n) is 10.6. The van der Waals surface area contributed by atoms with E-state index in [1.54, 1.807) is 6.20 Å². The number of benzene rings is 1. The van der Waals surface area contributed by atoms with Gasteiger partial charge in [-0.3, -0.25) is 10.3 Å².